The van der Waals surface area contributed by atoms with Crippen LogP contribution in [0.5, 0.6) is 0 Å². The molecular formula is C8H11F3N2O2S. The van der Waals surface area contributed by atoms with Gasteiger partial charge in [0, 0.05) is 20.3 Å². The predicted molar refractivity (Wildman–Crippen MR) is 55.4 cm³/mol. The van der Waals surface area contributed by atoms with Crippen molar-refractivity contribution in [2.75, 3.05) is 14.1 Å². The first-order valence-corrected chi connectivity index (χ1v) is 5.47. The zero-order chi connectivity index (χ0) is 12.8. The van der Waals surface area contributed by atoms with Crippen LogP contribution in [0.2, 0.25) is 0 Å². The van der Waals surface area contributed by atoms with Crippen LogP contribution in [0, 0.1) is 0 Å². The SMILES string of the molecule is CN(C)/C=C/C=C/C=N/S(=O)(=O)C(F)(F)F. The number of nitrogens with zero attached hydrogens (tertiary/aromatic N) is 2. The van der Waals surface area contributed by atoms with E-state index in [0.717, 1.165) is 6.08 Å². The second-order valence-electron chi connectivity index (χ2n) is 2.87. The molecule has 0 aromatic rings. The van der Waals surface area contributed by atoms with E-state index in [0.29, 0.717) is 6.21 Å². The molecule has 0 rings (SSSR count). The van der Waals surface area contributed by atoms with Crippen molar-refractivity contribution >= 4 is 16.2 Å². The molecule has 0 saturated carbocycles. The maximum atomic E-state index is 11.8. The molecule has 0 aromatic heterocycles. The molecule has 0 saturated heterocycles. The average molecular weight is 256 g/mol. The third-order valence-electron chi connectivity index (χ3n) is 1.18. The standard InChI is InChI=1S/C8H11F3N2O2S/c1-13(2)7-5-3-4-6-12-16(14,15)8(9,10)11/h3-7H,1-2H3/b4-3+,7-5+,12-6+. The Balaban J connectivity index is 4.44. The summed E-state index contributed by atoms with van der Waals surface area (Å²) in [6.07, 6.45) is 6.16. The molecule has 0 amide bonds. The lowest BCUT2D eigenvalue weighted by molar-refractivity contribution is -0.0435. The number of hydrogen-bond acceptors (Lipinski definition) is 3. The number of allylic oxidation sites excluding steroid dienone is 3. The molecule has 0 bridgehead atoms. The van der Waals surface area contributed by atoms with Gasteiger partial charge in [-0.15, -0.1) is 0 Å². The quantitative estimate of drug-likeness (QED) is 0.566. The summed E-state index contributed by atoms with van der Waals surface area (Å²) in [6.45, 7) is 0. The predicted octanol–water partition coefficient (Wildman–Crippen LogP) is 1.54. The van der Waals surface area contributed by atoms with Crippen molar-refractivity contribution in [2.24, 2.45) is 4.40 Å². The normalized spacial score (nSPS) is 14.3. The number of sulfonamides is 1. The monoisotopic (exact) mass is 256 g/mol. The van der Waals surface area contributed by atoms with Crippen LogP contribution < -0.4 is 0 Å². The maximum absolute atomic E-state index is 11.8. The highest BCUT2D eigenvalue weighted by Crippen LogP contribution is 2.24. The highest BCUT2D eigenvalue weighted by molar-refractivity contribution is 7.91. The molecule has 4 nitrogen and oxygen atoms in total. The van der Waals surface area contributed by atoms with Gasteiger partial charge in [-0.1, -0.05) is 6.08 Å². The minimum absolute atomic E-state index is 0.572. The first-order valence-electron chi connectivity index (χ1n) is 4.03. The molecule has 0 aliphatic rings. The number of halogens is 3. The third-order valence-corrected chi connectivity index (χ3v) is 2.17. The zero-order valence-electron chi connectivity index (χ0n) is 8.64. The summed E-state index contributed by atoms with van der Waals surface area (Å²) in [7, 11) is -1.90. The van der Waals surface area contributed by atoms with Crippen LogP contribution in [-0.4, -0.2) is 39.1 Å². The summed E-state index contributed by atoms with van der Waals surface area (Å²) in [5.41, 5.74) is -5.35. The minimum Gasteiger partial charge on any atom is -0.383 e. The van der Waals surface area contributed by atoms with E-state index in [4.69, 9.17) is 0 Å². The zero-order valence-corrected chi connectivity index (χ0v) is 9.46. The molecule has 92 valence electrons. The first kappa shape index (κ1) is 14.7. The Hall–Kier alpha value is -1.31. The molecule has 0 atom stereocenters. The van der Waals surface area contributed by atoms with Crippen molar-refractivity contribution in [1.82, 2.24) is 4.90 Å². The van der Waals surface area contributed by atoms with Crippen molar-refractivity contribution in [2.45, 2.75) is 5.51 Å². The smallest absolute Gasteiger partial charge is 0.383 e. The van der Waals surface area contributed by atoms with Crippen LogP contribution in [0.15, 0.2) is 28.8 Å². The van der Waals surface area contributed by atoms with Gasteiger partial charge in [0.05, 0.1) is 0 Å². The Morgan fingerprint density at radius 3 is 2.12 bits per heavy atom. The fraction of sp³-hybridized carbons (Fsp3) is 0.375. The molecule has 0 aromatic carbocycles. The van der Waals surface area contributed by atoms with E-state index < -0.39 is 15.5 Å². The largest absolute Gasteiger partial charge is 0.518 e. The van der Waals surface area contributed by atoms with Gasteiger partial charge in [0.1, 0.15) is 0 Å². The van der Waals surface area contributed by atoms with Crippen LogP contribution >= 0.6 is 0 Å². The van der Waals surface area contributed by atoms with Gasteiger partial charge in [-0.3, -0.25) is 0 Å². The summed E-state index contributed by atoms with van der Waals surface area (Å²) in [5, 5.41) is 0. The van der Waals surface area contributed by atoms with Gasteiger partial charge >= 0.3 is 15.5 Å². The van der Waals surface area contributed by atoms with Gasteiger partial charge in [-0.2, -0.15) is 26.0 Å². The van der Waals surface area contributed by atoms with Crippen LogP contribution in [0.25, 0.3) is 0 Å². The highest BCUT2D eigenvalue weighted by Gasteiger charge is 2.45. The molecule has 0 fully saturated rings. The topological polar surface area (TPSA) is 49.7 Å². The molecule has 0 heterocycles. The van der Waals surface area contributed by atoms with Crippen molar-refractivity contribution < 1.29 is 21.6 Å². The number of hydrogen-bond donors (Lipinski definition) is 0. The Morgan fingerprint density at radius 1 is 1.12 bits per heavy atom. The fourth-order valence-corrected chi connectivity index (χ4v) is 0.861. The van der Waals surface area contributed by atoms with Crippen molar-refractivity contribution in [3.8, 4) is 0 Å². The van der Waals surface area contributed by atoms with Gasteiger partial charge in [-0.25, -0.2) is 0 Å². The third kappa shape index (κ3) is 5.54. The molecule has 16 heavy (non-hydrogen) atoms. The Kier molecular flexibility index (Phi) is 5.22. The molecule has 0 aliphatic carbocycles. The molecular weight excluding hydrogens is 245 g/mol. The minimum atomic E-state index is -5.42. The second-order valence-corrected chi connectivity index (χ2v) is 4.49. The lowest BCUT2D eigenvalue weighted by atomic mass is 10.5. The number of rotatable bonds is 4. The summed E-state index contributed by atoms with van der Waals surface area (Å²) >= 11 is 0. The van der Waals surface area contributed by atoms with Crippen LogP contribution in [-0.2, 0) is 10.0 Å². The van der Waals surface area contributed by atoms with Crippen LogP contribution in [0.3, 0.4) is 0 Å². The summed E-state index contributed by atoms with van der Waals surface area (Å²) < 4.78 is 58.6. The van der Waals surface area contributed by atoms with Gasteiger partial charge in [0.2, 0.25) is 0 Å². The molecule has 0 aliphatic heterocycles. The average Bonchev–Trinajstić information content (AvgIpc) is 2.08. The lowest BCUT2D eigenvalue weighted by Crippen LogP contribution is -2.20. The van der Waals surface area contributed by atoms with Crippen molar-refractivity contribution in [1.29, 1.82) is 0 Å². The molecule has 0 unspecified atom stereocenters. The maximum Gasteiger partial charge on any atom is 0.518 e. The molecule has 0 spiro atoms. The second kappa shape index (κ2) is 5.69. The Labute approximate surface area is 91.8 Å². The van der Waals surface area contributed by atoms with Crippen LogP contribution in [0.1, 0.15) is 0 Å². The highest BCUT2D eigenvalue weighted by atomic mass is 32.2. The lowest BCUT2D eigenvalue weighted by Gasteiger charge is -2.01. The van der Waals surface area contributed by atoms with Gasteiger partial charge < -0.3 is 4.90 Å². The molecule has 0 radical (unpaired) electrons. The van der Waals surface area contributed by atoms with Crippen LogP contribution in [0.4, 0.5) is 13.2 Å². The fourth-order valence-electron chi connectivity index (χ4n) is 0.511. The number of alkyl halides is 3. The van der Waals surface area contributed by atoms with E-state index in [1.54, 1.807) is 25.2 Å². The summed E-state index contributed by atoms with van der Waals surface area (Å²) in [6, 6.07) is 0. The van der Waals surface area contributed by atoms with E-state index in [1.165, 1.54) is 12.2 Å². The Bertz CT molecular complexity index is 394. The first-order chi connectivity index (χ1) is 7.17. The van der Waals surface area contributed by atoms with E-state index in [2.05, 4.69) is 4.40 Å². The van der Waals surface area contributed by atoms with Gasteiger partial charge in [0.25, 0.3) is 0 Å². The van der Waals surface area contributed by atoms with Crippen molar-refractivity contribution in [3.05, 3.63) is 24.4 Å². The van der Waals surface area contributed by atoms with E-state index in [1.807, 2.05) is 0 Å². The van der Waals surface area contributed by atoms with Gasteiger partial charge in [0.15, 0.2) is 0 Å². The van der Waals surface area contributed by atoms with E-state index in [9.17, 15) is 21.6 Å². The summed E-state index contributed by atoms with van der Waals surface area (Å²) in [5.74, 6) is 0. The van der Waals surface area contributed by atoms with E-state index in [-0.39, 0.29) is 0 Å². The molecule has 8 heteroatoms. The van der Waals surface area contributed by atoms with Gasteiger partial charge in [-0.05, 0) is 18.4 Å². The summed E-state index contributed by atoms with van der Waals surface area (Å²) in [4.78, 5) is 1.70. The molecule has 0 N–H and O–H groups in total. The Morgan fingerprint density at radius 2 is 1.69 bits per heavy atom. The van der Waals surface area contributed by atoms with E-state index >= 15 is 0 Å². The van der Waals surface area contributed by atoms with Crippen molar-refractivity contribution in [3.63, 3.8) is 0 Å².